The van der Waals surface area contributed by atoms with Crippen LogP contribution in [0.15, 0.2) is 82.4 Å². The Balaban J connectivity index is 1.65. The number of non-ortho nitro benzene ring substituents is 1. The molecule has 8 nitrogen and oxygen atoms in total. The number of carbonyl (C=O) groups excluding carboxylic acids is 1. The minimum atomic E-state index is -4.33. The van der Waals surface area contributed by atoms with Crippen molar-refractivity contribution in [2.45, 2.75) is 4.90 Å². The Morgan fingerprint density at radius 3 is 2.31 bits per heavy atom. The Bertz CT molecular complexity index is 1340. The molecule has 0 aliphatic heterocycles. The van der Waals surface area contributed by atoms with Gasteiger partial charge in [0.05, 0.1) is 21.8 Å². The Labute approximate surface area is 164 Å². The maximum atomic E-state index is 12.6. The summed E-state index contributed by atoms with van der Waals surface area (Å²) in [5, 5.41) is 10.4. The van der Waals surface area contributed by atoms with Crippen LogP contribution in [0.3, 0.4) is 0 Å². The van der Waals surface area contributed by atoms with Gasteiger partial charge in [0.25, 0.3) is 10.8 Å². The Morgan fingerprint density at radius 2 is 1.66 bits per heavy atom. The summed E-state index contributed by atoms with van der Waals surface area (Å²) in [6.45, 7) is 0. The first-order valence-electron chi connectivity index (χ1n) is 8.34. The van der Waals surface area contributed by atoms with Gasteiger partial charge in [-0.2, -0.15) is 0 Å². The molecule has 0 unspecified atom stereocenters. The van der Waals surface area contributed by atoms with E-state index in [4.69, 9.17) is 4.42 Å². The van der Waals surface area contributed by atoms with E-state index in [-0.39, 0.29) is 16.1 Å². The highest BCUT2D eigenvalue weighted by Gasteiger charge is 2.27. The van der Waals surface area contributed by atoms with Crippen molar-refractivity contribution < 1.29 is 22.6 Å². The van der Waals surface area contributed by atoms with Crippen LogP contribution < -0.4 is 0 Å². The lowest BCUT2D eigenvalue weighted by molar-refractivity contribution is -0.384. The van der Waals surface area contributed by atoms with Gasteiger partial charge in [-0.15, -0.1) is 0 Å². The first-order valence-corrected chi connectivity index (χ1v) is 9.83. The van der Waals surface area contributed by atoms with E-state index >= 15 is 0 Å². The second-order valence-electron chi connectivity index (χ2n) is 6.11. The molecule has 0 aliphatic rings. The predicted octanol–water partition coefficient (Wildman–Crippen LogP) is 4.02. The summed E-state index contributed by atoms with van der Waals surface area (Å²) in [7, 11) is -4.33. The standard InChI is InChI=1S/C20H12N2O6S/c23-20(29(26,27)16-7-5-15(6-8-16)22(24)25)14-3-1-13(2-4-14)19-17-10-12-28-18(17)9-11-21-19/h1-12H. The minimum absolute atomic E-state index is 0.0218. The highest BCUT2D eigenvalue weighted by Crippen LogP contribution is 2.28. The van der Waals surface area contributed by atoms with Gasteiger partial charge in [0, 0.05) is 34.8 Å². The molecule has 2 aromatic heterocycles. The third-order valence-electron chi connectivity index (χ3n) is 4.38. The Kier molecular flexibility index (Phi) is 4.44. The van der Waals surface area contributed by atoms with Gasteiger partial charge in [0.15, 0.2) is 0 Å². The third kappa shape index (κ3) is 3.27. The summed E-state index contributed by atoms with van der Waals surface area (Å²) in [5.74, 6) is 0. The number of pyridine rings is 1. The fourth-order valence-electron chi connectivity index (χ4n) is 2.90. The first kappa shape index (κ1) is 18.5. The lowest BCUT2D eigenvalue weighted by atomic mass is 10.1. The molecule has 0 radical (unpaired) electrons. The Morgan fingerprint density at radius 1 is 0.966 bits per heavy atom. The van der Waals surface area contributed by atoms with Crippen LogP contribution >= 0.6 is 0 Å². The fraction of sp³-hybridized carbons (Fsp3) is 0. The molecule has 2 heterocycles. The summed E-state index contributed by atoms with van der Waals surface area (Å²) in [4.78, 5) is 26.6. The quantitative estimate of drug-likeness (QED) is 0.369. The minimum Gasteiger partial charge on any atom is -0.464 e. The summed E-state index contributed by atoms with van der Waals surface area (Å²) >= 11 is 0. The zero-order valence-corrected chi connectivity index (χ0v) is 15.5. The summed E-state index contributed by atoms with van der Waals surface area (Å²) in [6, 6.07) is 13.7. The van der Waals surface area contributed by atoms with Crippen molar-refractivity contribution in [3.8, 4) is 11.3 Å². The average Bonchev–Trinajstić information content (AvgIpc) is 3.22. The fourth-order valence-corrected chi connectivity index (χ4v) is 4.05. The van der Waals surface area contributed by atoms with Gasteiger partial charge in [-0.1, -0.05) is 12.1 Å². The molecule has 0 saturated carbocycles. The molecule has 4 aromatic rings. The van der Waals surface area contributed by atoms with Crippen molar-refractivity contribution >= 4 is 31.6 Å². The summed E-state index contributed by atoms with van der Waals surface area (Å²) in [5.41, 5.74) is 1.72. The summed E-state index contributed by atoms with van der Waals surface area (Å²) < 4.78 is 30.5. The van der Waals surface area contributed by atoms with E-state index in [9.17, 15) is 23.3 Å². The lowest BCUT2D eigenvalue weighted by Gasteiger charge is -2.06. The highest BCUT2D eigenvalue weighted by atomic mass is 32.2. The molecule has 4 rings (SSSR count). The number of sulfone groups is 1. The van der Waals surface area contributed by atoms with Gasteiger partial charge < -0.3 is 4.42 Å². The second kappa shape index (κ2) is 6.95. The van der Waals surface area contributed by atoms with Crippen molar-refractivity contribution in [2.75, 3.05) is 0 Å². The van der Waals surface area contributed by atoms with Gasteiger partial charge in [0.2, 0.25) is 9.84 Å². The van der Waals surface area contributed by atoms with E-state index in [0.29, 0.717) is 16.8 Å². The number of fused-ring (bicyclic) bond motifs is 1. The maximum Gasteiger partial charge on any atom is 0.281 e. The number of aromatic nitrogens is 1. The van der Waals surface area contributed by atoms with Gasteiger partial charge >= 0.3 is 0 Å². The van der Waals surface area contributed by atoms with Crippen LogP contribution in [0.4, 0.5) is 5.69 Å². The predicted molar refractivity (Wildman–Crippen MR) is 104 cm³/mol. The normalized spacial score (nSPS) is 11.4. The number of rotatable bonds is 4. The molecule has 0 aliphatic carbocycles. The van der Waals surface area contributed by atoms with Crippen LogP contribution in [0, 0.1) is 10.1 Å². The SMILES string of the molecule is O=C(c1ccc(-c2nccc3occc23)cc1)S(=O)(=O)c1ccc([N+](=O)[O-])cc1. The number of nitro groups is 1. The molecule has 9 heteroatoms. The van der Waals surface area contributed by atoms with Crippen molar-refractivity contribution in [3.05, 3.63) is 88.8 Å². The smallest absolute Gasteiger partial charge is 0.281 e. The molecule has 0 saturated heterocycles. The highest BCUT2D eigenvalue weighted by molar-refractivity contribution is 8.06. The van der Waals surface area contributed by atoms with Crippen LogP contribution in [-0.4, -0.2) is 23.4 Å². The van der Waals surface area contributed by atoms with Crippen LogP contribution in [0.1, 0.15) is 10.4 Å². The molecule has 144 valence electrons. The number of hydrogen-bond donors (Lipinski definition) is 0. The second-order valence-corrected chi connectivity index (χ2v) is 7.96. The van der Waals surface area contributed by atoms with E-state index < -0.39 is 19.9 Å². The van der Waals surface area contributed by atoms with E-state index in [1.807, 2.05) is 0 Å². The molecule has 0 fully saturated rings. The largest absolute Gasteiger partial charge is 0.464 e. The van der Waals surface area contributed by atoms with E-state index in [1.165, 1.54) is 12.1 Å². The van der Waals surface area contributed by atoms with E-state index in [2.05, 4.69) is 4.98 Å². The van der Waals surface area contributed by atoms with Gasteiger partial charge in [-0.25, -0.2) is 8.42 Å². The number of nitro benzene ring substituents is 1. The van der Waals surface area contributed by atoms with Crippen LogP contribution in [0.5, 0.6) is 0 Å². The summed E-state index contributed by atoms with van der Waals surface area (Å²) in [6.07, 6.45) is 3.14. The lowest BCUT2D eigenvalue weighted by Crippen LogP contribution is -2.15. The van der Waals surface area contributed by atoms with Crippen molar-refractivity contribution in [1.82, 2.24) is 4.98 Å². The molecule has 0 bridgehead atoms. The van der Waals surface area contributed by atoms with E-state index in [0.717, 1.165) is 29.7 Å². The molecule has 0 amide bonds. The topological polar surface area (TPSA) is 120 Å². The van der Waals surface area contributed by atoms with Crippen LogP contribution in [-0.2, 0) is 9.84 Å². The van der Waals surface area contributed by atoms with Gasteiger partial charge in [-0.05, 0) is 36.4 Å². The number of hydrogen-bond acceptors (Lipinski definition) is 7. The molecule has 0 N–H and O–H groups in total. The average molecular weight is 408 g/mol. The molecular formula is C20H12N2O6S. The van der Waals surface area contributed by atoms with Crippen LogP contribution in [0.2, 0.25) is 0 Å². The Hall–Kier alpha value is -3.85. The number of carbonyl (C=O) groups is 1. The zero-order chi connectivity index (χ0) is 20.6. The van der Waals surface area contributed by atoms with Crippen molar-refractivity contribution in [1.29, 1.82) is 0 Å². The van der Waals surface area contributed by atoms with Crippen molar-refractivity contribution in [3.63, 3.8) is 0 Å². The zero-order valence-electron chi connectivity index (χ0n) is 14.7. The molecule has 29 heavy (non-hydrogen) atoms. The molecule has 0 spiro atoms. The molecule has 0 atom stereocenters. The van der Waals surface area contributed by atoms with Crippen molar-refractivity contribution in [2.24, 2.45) is 0 Å². The number of furan rings is 1. The third-order valence-corrected chi connectivity index (χ3v) is 5.99. The van der Waals surface area contributed by atoms with Gasteiger partial charge in [-0.3, -0.25) is 19.9 Å². The first-order chi connectivity index (χ1) is 13.9. The van der Waals surface area contributed by atoms with E-state index in [1.54, 1.807) is 36.7 Å². The molecule has 2 aromatic carbocycles. The molecular weight excluding hydrogens is 396 g/mol. The monoisotopic (exact) mass is 408 g/mol. The number of benzene rings is 2. The van der Waals surface area contributed by atoms with Crippen LogP contribution in [0.25, 0.3) is 22.2 Å². The van der Waals surface area contributed by atoms with Gasteiger partial charge in [0.1, 0.15) is 5.58 Å². The number of nitrogens with zero attached hydrogens (tertiary/aromatic N) is 2. The maximum absolute atomic E-state index is 12.6.